The fraction of sp³-hybridized carbons (Fsp3) is 0.333. The smallest absolute Gasteiger partial charge is 0.436 e. The van der Waals surface area contributed by atoms with Gasteiger partial charge in [-0.1, -0.05) is 6.07 Å². The fourth-order valence-corrected chi connectivity index (χ4v) is 2.80. The van der Waals surface area contributed by atoms with Crippen molar-refractivity contribution < 1.29 is 18.1 Å². The van der Waals surface area contributed by atoms with Crippen molar-refractivity contribution in [2.24, 2.45) is 0 Å². The molecule has 0 spiro atoms. The minimum Gasteiger partial charge on any atom is -0.436 e. The Balaban J connectivity index is 1.76. The predicted molar refractivity (Wildman–Crippen MR) is 97.3 cm³/mol. The van der Waals surface area contributed by atoms with E-state index in [0.29, 0.717) is 16.6 Å². The van der Waals surface area contributed by atoms with Crippen molar-refractivity contribution >= 4 is 29.5 Å². The van der Waals surface area contributed by atoms with Gasteiger partial charge in [0, 0.05) is 11.7 Å². The van der Waals surface area contributed by atoms with E-state index >= 15 is 0 Å². The van der Waals surface area contributed by atoms with Crippen LogP contribution in [0.2, 0.25) is 0 Å². The third kappa shape index (κ3) is 2.57. The molecule has 2 aromatic heterocycles. The molecule has 6 nitrogen and oxygen atoms in total. The summed E-state index contributed by atoms with van der Waals surface area (Å²) in [6.45, 7) is 7.90. The van der Waals surface area contributed by atoms with Crippen LogP contribution in [0.5, 0.6) is 0 Å². The van der Waals surface area contributed by atoms with E-state index in [0.717, 1.165) is 0 Å². The van der Waals surface area contributed by atoms with Crippen LogP contribution >= 0.6 is 0 Å². The molecule has 0 bridgehead atoms. The Labute approximate surface area is 150 Å². The molecule has 0 atom stereocenters. The van der Waals surface area contributed by atoms with Crippen molar-refractivity contribution in [1.82, 2.24) is 9.97 Å². The maximum atomic E-state index is 13.9. The molecule has 3 aromatic rings. The summed E-state index contributed by atoms with van der Waals surface area (Å²) >= 11 is 0. The Kier molecular flexibility index (Phi) is 3.61. The van der Waals surface area contributed by atoms with Gasteiger partial charge < -0.3 is 19.5 Å². The fourth-order valence-electron chi connectivity index (χ4n) is 2.80. The zero-order chi connectivity index (χ0) is 18.7. The van der Waals surface area contributed by atoms with Gasteiger partial charge in [-0.25, -0.2) is 14.4 Å². The van der Waals surface area contributed by atoms with Crippen molar-refractivity contribution in [2.75, 3.05) is 5.73 Å². The lowest BCUT2D eigenvalue weighted by Crippen LogP contribution is -2.41. The Hall–Kier alpha value is -2.45. The number of pyridine rings is 1. The van der Waals surface area contributed by atoms with E-state index < -0.39 is 24.1 Å². The maximum Gasteiger partial charge on any atom is 0.496 e. The van der Waals surface area contributed by atoms with Gasteiger partial charge in [-0.05, 0) is 45.9 Å². The average molecular weight is 355 g/mol. The third-order valence-corrected chi connectivity index (χ3v) is 5.07. The summed E-state index contributed by atoms with van der Waals surface area (Å²) in [5, 5.41) is 0. The molecule has 134 valence electrons. The first-order chi connectivity index (χ1) is 12.2. The molecule has 0 unspecified atom stereocenters. The first-order valence-corrected chi connectivity index (χ1v) is 8.34. The van der Waals surface area contributed by atoms with Crippen LogP contribution in [0.25, 0.3) is 22.6 Å². The number of rotatable bonds is 2. The number of hydrogen-bond acceptors (Lipinski definition) is 6. The van der Waals surface area contributed by atoms with E-state index in [1.165, 1.54) is 6.07 Å². The van der Waals surface area contributed by atoms with Crippen LogP contribution in [-0.2, 0) is 9.31 Å². The number of benzene rings is 1. The quantitative estimate of drug-likeness (QED) is 0.712. The maximum absolute atomic E-state index is 13.9. The minimum atomic E-state index is -0.590. The Bertz CT molecular complexity index is 987. The summed E-state index contributed by atoms with van der Waals surface area (Å²) in [5.41, 5.74) is 6.71. The van der Waals surface area contributed by atoms with Crippen LogP contribution in [0.1, 0.15) is 27.7 Å². The third-order valence-electron chi connectivity index (χ3n) is 5.07. The topological polar surface area (TPSA) is 83.4 Å². The molecule has 0 aliphatic carbocycles. The molecule has 1 saturated heterocycles. The molecule has 0 saturated carbocycles. The number of aromatic nitrogens is 2. The lowest BCUT2D eigenvalue weighted by molar-refractivity contribution is 0.00578. The van der Waals surface area contributed by atoms with Crippen LogP contribution in [0.15, 0.2) is 34.9 Å². The zero-order valence-corrected chi connectivity index (χ0v) is 15.0. The van der Waals surface area contributed by atoms with E-state index in [1.807, 2.05) is 27.7 Å². The Morgan fingerprint density at radius 1 is 1.12 bits per heavy atom. The first-order valence-electron chi connectivity index (χ1n) is 8.34. The van der Waals surface area contributed by atoms with Crippen molar-refractivity contribution in [3.8, 4) is 11.5 Å². The minimum absolute atomic E-state index is 0.155. The highest BCUT2D eigenvalue weighted by Gasteiger charge is 2.52. The van der Waals surface area contributed by atoms with Gasteiger partial charge in [-0.3, -0.25) is 0 Å². The molecule has 1 fully saturated rings. The van der Waals surface area contributed by atoms with Crippen LogP contribution in [-0.4, -0.2) is 28.3 Å². The van der Waals surface area contributed by atoms with E-state index in [2.05, 4.69) is 9.97 Å². The normalized spacial score (nSPS) is 18.6. The van der Waals surface area contributed by atoms with E-state index in [-0.39, 0.29) is 17.2 Å². The lowest BCUT2D eigenvalue weighted by Gasteiger charge is -2.32. The van der Waals surface area contributed by atoms with Crippen molar-refractivity contribution in [3.05, 3.63) is 36.3 Å². The Morgan fingerprint density at radius 3 is 2.46 bits per heavy atom. The number of fused-ring (bicyclic) bond motifs is 1. The van der Waals surface area contributed by atoms with Gasteiger partial charge in [0.2, 0.25) is 5.89 Å². The van der Waals surface area contributed by atoms with Gasteiger partial charge >= 0.3 is 7.12 Å². The van der Waals surface area contributed by atoms with E-state index in [9.17, 15) is 4.39 Å². The van der Waals surface area contributed by atoms with Crippen LogP contribution in [0.3, 0.4) is 0 Å². The molecular formula is C18H19BFN3O3. The molecule has 0 radical (unpaired) electrons. The summed E-state index contributed by atoms with van der Waals surface area (Å²) in [6, 6.07) is 6.30. The zero-order valence-electron chi connectivity index (χ0n) is 15.0. The van der Waals surface area contributed by atoms with Gasteiger partial charge in [-0.2, -0.15) is 0 Å². The molecule has 1 aliphatic rings. The largest absolute Gasteiger partial charge is 0.496 e. The van der Waals surface area contributed by atoms with Crippen molar-refractivity contribution in [2.45, 2.75) is 38.9 Å². The number of hydrogen-bond donors (Lipinski definition) is 1. The number of halogens is 1. The second-order valence-corrected chi connectivity index (χ2v) is 7.40. The van der Waals surface area contributed by atoms with Crippen molar-refractivity contribution in [3.63, 3.8) is 0 Å². The highest BCUT2D eigenvalue weighted by molar-refractivity contribution is 6.62. The molecule has 0 amide bonds. The van der Waals surface area contributed by atoms with E-state index in [1.54, 1.807) is 24.4 Å². The number of nitrogens with two attached hydrogens (primary N) is 1. The molecule has 3 heterocycles. The second-order valence-electron chi connectivity index (χ2n) is 7.40. The van der Waals surface area contributed by atoms with Gasteiger partial charge in [0.05, 0.1) is 16.8 Å². The van der Waals surface area contributed by atoms with Crippen LogP contribution in [0, 0.1) is 5.82 Å². The standard InChI is InChI=1S/C18H19BFN3O3/c1-17(2)18(3,4)26-19(25-17)10-8-11(15(21)22-9-10)16-23-14-12(20)6-5-7-13(14)24-16/h5-9H,1-4H3,(H2,21,22). The SMILES string of the molecule is CC1(C)OB(c2cnc(N)c(-c3nc4c(F)cccc4o3)c2)OC1(C)C. The molecule has 26 heavy (non-hydrogen) atoms. The molecule has 1 aliphatic heterocycles. The molecule has 8 heteroatoms. The van der Waals surface area contributed by atoms with Gasteiger partial charge in [0.25, 0.3) is 0 Å². The number of nitrogen functional groups attached to an aromatic ring is 1. The molecular weight excluding hydrogens is 336 g/mol. The number of anilines is 1. The number of nitrogens with zero attached hydrogens (tertiary/aromatic N) is 2. The highest BCUT2D eigenvalue weighted by Crippen LogP contribution is 2.37. The average Bonchev–Trinajstić information content (AvgIpc) is 3.07. The summed E-state index contributed by atoms with van der Waals surface area (Å²) in [4.78, 5) is 8.44. The molecule has 4 rings (SSSR count). The number of para-hydroxylation sites is 1. The summed E-state index contributed by atoms with van der Waals surface area (Å²) < 4.78 is 31.7. The first kappa shape index (κ1) is 17.0. The summed E-state index contributed by atoms with van der Waals surface area (Å²) in [7, 11) is -0.590. The predicted octanol–water partition coefficient (Wildman–Crippen LogP) is 2.91. The Morgan fingerprint density at radius 2 is 1.81 bits per heavy atom. The second kappa shape index (κ2) is 5.52. The van der Waals surface area contributed by atoms with Gasteiger partial charge in [-0.15, -0.1) is 0 Å². The van der Waals surface area contributed by atoms with Gasteiger partial charge in [0.1, 0.15) is 11.3 Å². The summed E-state index contributed by atoms with van der Waals surface area (Å²) in [5.74, 6) is -0.0168. The highest BCUT2D eigenvalue weighted by atomic mass is 19.1. The summed E-state index contributed by atoms with van der Waals surface area (Å²) in [6.07, 6.45) is 1.60. The monoisotopic (exact) mass is 355 g/mol. The van der Waals surface area contributed by atoms with E-state index in [4.69, 9.17) is 19.5 Å². The number of oxazole rings is 1. The van der Waals surface area contributed by atoms with Crippen LogP contribution in [0.4, 0.5) is 10.2 Å². The molecule has 2 N–H and O–H groups in total. The van der Waals surface area contributed by atoms with Crippen molar-refractivity contribution in [1.29, 1.82) is 0 Å². The lowest BCUT2D eigenvalue weighted by atomic mass is 9.79. The van der Waals surface area contributed by atoms with Gasteiger partial charge in [0.15, 0.2) is 11.4 Å². The molecule has 1 aromatic carbocycles. The van der Waals surface area contributed by atoms with Crippen LogP contribution < -0.4 is 11.2 Å².